The molecule has 78 valence electrons. The summed E-state index contributed by atoms with van der Waals surface area (Å²) in [6.07, 6.45) is 0.552. The number of Topliss-reactive ketones (excluding diaryl/α,β-unsaturated/α-hetero) is 1. The maximum atomic E-state index is 10.8. The first-order chi connectivity index (χ1) is 6.02. The number of carbonyl (C=O) groups is 1. The van der Waals surface area contributed by atoms with Crippen molar-refractivity contribution in [2.75, 3.05) is 6.61 Å². The van der Waals surface area contributed by atoms with E-state index in [2.05, 4.69) is 0 Å². The topological polar surface area (TPSA) is 57.5 Å². The second-order valence-electron chi connectivity index (χ2n) is 3.72. The molecule has 0 bridgehead atoms. The molecule has 0 aromatic rings. The van der Waals surface area contributed by atoms with Gasteiger partial charge in [0.2, 0.25) is 0 Å². The first kappa shape index (κ1) is 12.6. The molecule has 3 nitrogen and oxygen atoms in total. The molecule has 3 heteroatoms. The summed E-state index contributed by atoms with van der Waals surface area (Å²) < 4.78 is 0. The Balaban J connectivity index is 4.05. The molecule has 0 spiro atoms. The second kappa shape index (κ2) is 6.11. The molecule has 0 aromatic carbocycles. The largest absolute Gasteiger partial charge is 0.396 e. The van der Waals surface area contributed by atoms with E-state index >= 15 is 0 Å². The molecule has 0 heterocycles. The third-order valence-corrected chi connectivity index (χ3v) is 2.43. The fourth-order valence-electron chi connectivity index (χ4n) is 1.52. The number of carbonyl (C=O) groups excluding carboxylic acids is 1. The van der Waals surface area contributed by atoms with Crippen molar-refractivity contribution in [3.63, 3.8) is 0 Å². The molecular formula is C10H20O3. The van der Waals surface area contributed by atoms with Gasteiger partial charge >= 0.3 is 0 Å². The summed E-state index contributed by atoms with van der Waals surface area (Å²) in [5.41, 5.74) is 0. The predicted octanol–water partition coefficient (Wildman–Crippen LogP) is 0.981. The molecule has 0 rings (SSSR count). The zero-order chi connectivity index (χ0) is 10.4. The molecule has 0 saturated carbocycles. The monoisotopic (exact) mass is 188 g/mol. The number of ketones is 1. The molecule has 3 atom stereocenters. The van der Waals surface area contributed by atoms with Gasteiger partial charge in [0, 0.05) is 18.9 Å². The van der Waals surface area contributed by atoms with Crippen molar-refractivity contribution in [1.82, 2.24) is 0 Å². The summed E-state index contributed by atoms with van der Waals surface area (Å²) in [6.45, 7) is 5.26. The molecule has 0 aromatic heterocycles. The minimum Gasteiger partial charge on any atom is -0.396 e. The number of aliphatic hydroxyl groups excluding tert-OH is 2. The summed E-state index contributed by atoms with van der Waals surface area (Å²) in [7, 11) is 0. The summed E-state index contributed by atoms with van der Waals surface area (Å²) >= 11 is 0. The van der Waals surface area contributed by atoms with Crippen LogP contribution in [0.3, 0.4) is 0 Å². The smallest absolute Gasteiger partial charge is 0.130 e. The van der Waals surface area contributed by atoms with Crippen LogP contribution >= 0.6 is 0 Å². The SMILES string of the molecule is CCC(CO)C(O)C(C)CC(C)=O. The molecule has 0 aliphatic carbocycles. The molecular weight excluding hydrogens is 168 g/mol. The van der Waals surface area contributed by atoms with Gasteiger partial charge in [0.15, 0.2) is 0 Å². The highest BCUT2D eigenvalue weighted by Gasteiger charge is 2.23. The van der Waals surface area contributed by atoms with Gasteiger partial charge in [0.25, 0.3) is 0 Å². The van der Waals surface area contributed by atoms with Crippen LogP contribution in [-0.4, -0.2) is 28.7 Å². The quantitative estimate of drug-likeness (QED) is 0.653. The highest BCUT2D eigenvalue weighted by Crippen LogP contribution is 2.18. The number of aliphatic hydroxyl groups is 2. The van der Waals surface area contributed by atoms with Crippen molar-refractivity contribution in [1.29, 1.82) is 0 Å². The molecule has 0 fully saturated rings. The predicted molar refractivity (Wildman–Crippen MR) is 51.3 cm³/mol. The van der Waals surface area contributed by atoms with Gasteiger partial charge in [-0.1, -0.05) is 13.8 Å². The van der Waals surface area contributed by atoms with Crippen LogP contribution in [0.1, 0.15) is 33.6 Å². The van der Waals surface area contributed by atoms with Crippen molar-refractivity contribution in [2.45, 2.75) is 39.7 Å². The van der Waals surface area contributed by atoms with E-state index in [1.54, 1.807) is 0 Å². The van der Waals surface area contributed by atoms with E-state index in [4.69, 9.17) is 5.11 Å². The summed E-state index contributed by atoms with van der Waals surface area (Å²) in [6, 6.07) is 0. The van der Waals surface area contributed by atoms with Crippen LogP contribution in [0.25, 0.3) is 0 Å². The van der Waals surface area contributed by atoms with Crippen molar-refractivity contribution >= 4 is 5.78 Å². The van der Waals surface area contributed by atoms with Crippen molar-refractivity contribution in [3.8, 4) is 0 Å². The lowest BCUT2D eigenvalue weighted by atomic mass is 9.88. The lowest BCUT2D eigenvalue weighted by Crippen LogP contribution is -2.30. The third-order valence-electron chi connectivity index (χ3n) is 2.43. The fourth-order valence-corrected chi connectivity index (χ4v) is 1.52. The molecule has 0 aliphatic heterocycles. The average molecular weight is 188 g/mol. The minimum absolute atomic E-state index is 0.0140. The molecule has 2 N–H and O–H groups in total. The Kier molecular flexibility index (Phi) is 5.91. The summed E-state index contributed by atoms with van der Waals surface area (Å²) in [4.78, 5) is 10.8. The van der Waals surface area contributed by atoms with Crippen LogP contribution < -0.4 is 0 Å². The van der Waals surface area contributed by atoms with Crippen molar-refractivity contribution in [3.05, 3.63) is 0 Å². The molecule has 0 amide bonds. The van der Waals surface area contributed by atoms with E-state index in [-0.39, 0.29) is 24.2 Å². The van der Waals surface area contributed by atoms with E-state index in [0.717, 1.165) is 6.42 Å². The standard InChI is InChI=1S/C10H20O3/c1-4-9(6-11)10(13)7(2)5-8(3)12/h7,9-11,13H,4-6H2,1-3H3. The normalized spacial score (nSPS) is 17.9. The van der Waals surface area contributed by atoms with Gasteiger partial charge in [0.05, 0.1) is 6.10 Å². The van der Waals surface area contributed by atoms with E-state index in [9.17, 15) is 9.90 Å². The van der Waals surface area contributed by atoms with Crippen LogP contribution in [0.4, 0.5) is 0 Å². The highest BCUT2D eigenvalue weighted by molar-refractivity contribution is 5.75. The van der Waals surface area contributed by atoms with Crippen LogP contribution in [0.2, 0.25) is 0 Å². The Morgan fingerprint density at radius 1 is 1.46 bits per heavy atom. The maximum absolute atomic E-state index is 10.8. The zero-order valence-corrected chi connectivity index (χ0v) is 8.66. The number of hydrogen-bond donors (Lipinski definition) is 2. The third kappa shape index (κ3) is 4.39. The van der Waals surface area contributed by atoms with Crippen LogP contribution in [-0.2, 0) is 4.79 Å². The van der Waals surface area contributed by atoms with E-state index < -0.39 is 6.10 Å². The van der Waals surface area contributed by atoms with Gasteiger partial charge in [0.1, 0.15) is 5.78 Å². The maximum Gasteiger partial charge on any atom is 0.130 e. The molecule has 0 radical (unpaired) electrons. The van der Waals surface area contributed by atoms with Gasteiger partial charge in [-0.3, -0.25) is 0 Å². The van der Waals surface area contributed by atoms with Crippen LogP contribution in [0.5, 0.6) is 0 Å². The van der Waals surface area contributed by atoms with Crippen LogP contribution in [0, 0.1) is 11.8 Å². The average Bonchev–Trinajstić information content (AvgIpc) is 2.05. The lowest BCUT2D eigenvalue weighted by Gasteiger charge is -2.24. The first-order valence-electron chi connectivity index (χ1n) is 4.81. The molecule has 13 heavy (non-hydrogen) atoms. The summed E-state index contributed by atoms with van der Waals surface area (Å²) in [5, 5.41) is 18.6. The molecule has 3 unspecified atom stereocenters. The fraction of sp³-hybridized carbons (Fsp3) is 0.900. The number of rotatable bonds is 6. The first-order valence-corrected chi connectivity index (χ1v) is 4.81. The van der Waals surface area contributed by atoms with Crippen molar-refractivity contribution < 1.29 is 15.0 Å². The van der Waals surface area contributed by atoms with Gasteiger partial charge < -0.3 is 15.0 Å². The van der Waals surface area contributed by atoms with Gasteiger partial charge in [-0.05, 0) is 19.3 Å². The van der Waals surface area contributed by atoms with Gasteiger partial charge in [-0.15, -0.1) is 0 Å². The van der Waals surface area contributed by atoms with Gasteiger partial charge in [-0.2, -0.15) is 0 Å². The Hall–Kier alpha value is -0.410. The minimum atomic E-state index is -0.570. The Morgan fingerprint density at radius 2 is 2.00 bits per heavy atom. The second-order valence-corrected chi connectivity index (χ2v) is 3.72. The highest BCUT2D eigenvalue weighted by atomic mass is 16.3. The van der Waals surface area contributed by atoms with Crippen LogP contribution in [0.15, 0.2) is 0 Å². The van der Waals surface area contributed by atoms with E-state index in [1.165, 1.54) is 6.92 Å². The number of hydrogen-bond acceptors (Lipinski definition) is 3. The Labute approximate surface area is 79.8 Å². The molecule has 0 saturated heterocycles. The Morgan fingerprint density at radius 3 is 2.31 bits per heavy atom. The van der Waals surface area contributed by atoms with Crippen molar-refractivity contribution in [2.24, 2.45) is 11.8 Å². The lowest BCUT2D eigenvalue weighted by molar-refractivity contribution is -0.119. The summed E-state index contributed by atoms with van der Waals surface area (Å²) in [5.74, 6) is -0.0803. The Bertz CT molecular complexity index is 152. The van der Waals surface area contributed by atoms with E-state index in [1.807, 2.05) is 13.8 Å². The van der Waals surface area contributed by atoms with Gasteiger partial charge in [-0.25, -0.2) is 0 Å². The zero-order valence-electron chi connectivity index (χ0n) is 8.66. The molecule has 0 aliphatic rings. The van der Waals surface area contributed by atoms with E-state index in [0.29, 0.717) is 6.42 Å².